The summed E-state index contributed by atoms with van der Waals surface area (Å²) in [7, 11) is 0. The summed E-state index contributed by atoms with van der Waals surface area (Å²) in [6.07, 6.45) is 0. The van der Waals surface area contributed by atoms with Crippen LogP contribution >= 0.6 is 27.3 Å². The Morgan fingerprint density at radius 3 is 2.82 bits per heavy atom. The van der Waals surface area contributed by atoms with E-state index in [0.29, 0.717) is 6.61 Å². The van der Waals surface area contributed by atoms with Crippen LogP contribution in [0.15, 0.2) is 40.2 Å². The number of benzene rings is 1. The molecule has 1 aromatic heterocycles. The molecule has 0 saturated heterocycles. The molecule has 0 bridgehead atoms. The molecule has 1 atom stereocenters. The maximum Gasteiger partial charge on any atom is 0.122 e. The minimum Gasteiger partial charge on any atom is -0.488 e. The molecule has 2 N–H and O–H groups in total. The third kappa shape index (κ3) is 3.31. The van der Waals surface area contributed by atoms with E-state index in [-0.39, 0.29) is 6.04 Å². The Kier molecular flexibility index (Phi) is 4.20. The lowest BCUT2D eigenvalue weighted by Crippen LogP contribution is -2.05. The molecule has 2 nitrogen and oxygen atoms in total. The van der Waals surface area contributed by atoms with Crippen LogP contribution in [0.25, 0.3) is 0 Å². The molecule has 0 aliphatic rings. The molecule has 0 radical (unpaired) electrons. The van der Waals surface area contributed by atoms with Gasteiger partial charge in [0, 0.05) is 15.4 Å². The van der Waals surface area contributed by atoms with Crippen LogP contribution in [-0.2, 0) is 6.61 Å². The Labute approximate surface area is 114 Å². The Hall–Kier alpha value is -0.840. The summed E-state index contributed by atoms with van der Waals surface area (Å²) in [6.45, 7) is 2.58. The Balaban J connectivity index is 2.05. The van der Waals surface area contributed by atoms with Crippen molar-refractivity contribution in [2.24, 2.45) is 5.73 Å². The highest BCUT2D eigenvalue weighted by atomic mass is 79.9. The van der Waals surface area contributed by atoms with Gasteiger partial charge in [0.1, 0.15) is 12.4 Å². The van der Waals surface area contributed by atoms with Crippen LogP contribution in [0.5, 0.6) is 5.75 Å². The third-order valence-electron chi connectivity index (χ3n) is 2.42. The first-order valence-corrected chi connectivity index (χ1v) is 7.04. The van der Waals surface area contributed by atoms with Gasteiger partial charge in [0.15, 0.2) is 0 Å². The smallest absolute Gasteiger partial charge is 0.122 e. The van der Waals surface area contributed by atoms with E-state index < -0.39 is 0 Å². The van der Waals surface area contributed by atoms with Crippen molar-refractivity contribution in [3.8, 4) is 5.75 Å². The summed E-state index contributed by atoms with van der Waals surface area (Å²) in [5.74, 6) is 0.856. The van der Waals surface area contributed by atoms with E-state index in [2.05, 4.69) is 22.0 Å². The number of halogens is 1. The predicted octanol–water partition coefficient (Wildman–Crippen LogP) is 4.11. The molecule has 0 fully saturated rings. The quantitative estimate of drug-likeness (QED) is 0.922. The van der Waals surface area contributed by atoms with Crippen LogP contribution in [0, 0.1) is 0 Å². The van der Waals surface area contributed by atoms with Gasteiger partial charge in [-0.2, -0.15) is 0 Å². The number of hydrogen-bond acceptors (Lipinski definition) is 3. The first-order chi connectivity index (χ1) is 8.16. The highest BCUT2D eigenvalue weighted by Gasteiger charge is 2.06. The topological polar surface area (TPSA) is 35.2 Å². The second-order valence-electron chi connectivity index (χ2n) is 3.84. The first kappa shape index (κ1) is 12.6. The molecular weight excluding hydrogens is 298 g/mol. The Bertz CT molecular complexity index is 482. The Morgan fingerprint density at radius 2 is 2.24 bits per heavy atom. The van der Waals surface area contributed by atoms with Crippen molar-refractivity contribution in [1.29, 1.82) is 0 Å². The zero-order valence-electron chi connectivity index (χ0n) is 9.52. The summed E-state index contributed by atoms with van der Waals surface area (Å²) in [5.41, 5.74) is 6.94. The lowest BCUT2D eigenvalue weighted by molar-refractivity contribution is 0.309. The summed E-state index contributed by atoms with van der Waals surface area (Å²) in [4.78, 5) is 1.22. The summed E-state index contributed by atoms with van der Waals surface area (Å²) >= 11 is 5.21. The highest BCUT2D eigenvalue weighted by molar-refractivity contribution is 9.10. The van der Waals surface area contributed by atoms with E-state index in [1.807, 2.05) is 36.6 Å². The zero-order chi connectivity index (χ0) is 12.3. The molecule has 1 heterocycles. The zero-order valence-corrected chi connectivity index (χ0v) is 11.9. The van der Waals surface area contributed by atoms with Crippen molar-refractivity contribution >= 4 is 27.3 Å². The average molecular weight is 312 g/mol. The van der Waals surface area contributed by atoms with E-state index in [1.165, 1.54) is 4.88 Å². The largest absolute Gasteiger partial charge is 0.488 e. The molecule has 0 aliphatic carbocycles. The fourth-order valence-electron chi connectivity index (χ4n) is 1.52. The molecule has 2 aromatic rings. The number of hydrogen-bond donors (Lipinski definition) is 1. The number of ether oxygens (including phenoxy) is 1. The standard InChI is InChI=1S/C13H14BrNOS/c1-9(15)12-5-4-10(7-13(12)14)16-8-11-3-2-6-17-11/h2-7,9H,8,15H2,1H3. The van der Waals surface area contributed by atoms with Crippen molar-refractivity contribution in [2.45, 2.75) is 19.6 Å². The van der Waals surface area contributed by atoms with E-state index in [1.54, 1.807) is 11.3 Å². The van der Waals surface area contributed by atoms with Crippen LogP contribution in [0.3, 0.4) is 0 Å². The molecule has 1 aromatic carbocycles. The average Bonchev–Trinajstić information content (AvgIpc) is 2.78. The molecular formula is C13H14BrNOS. The van der Waals surface area contributed by atoms with Gasteiger partial charge in [-0.05, 0) is 36.1 Å². The van der Waals surface area contributed by atoms with Gasteiger partial charge in [0.2, 0.25) is 0 Å². The second-order valence-corrected chi connectivity index (χ2v) is 5.73. The predicted molar refractivity (Wildman–Crippen MR) is 75.4 cm³/mol. The van der Waals surface area contributed by atoms with Crippen molar-refractivity contribution in [3.63, 3.8) is 0 Å². The van der Waals surface area contributed by atoms with Crippen molar-refractivity contribution in [1.82, 2.24) is 0 Å². The molecule has 90 valence electrons. The first-order valence-electron chi connectivity index (χ1n) is 5.37. The summed E-state index contributed by atoms with van der Waals surface area (Å²) in [5, 5.41) is 2.05. The molecule has 0 amide bonds. The number of rotatable bonds is 4. The van der Waals surface area contributed by atoms with Gasteiger partial charge in [-0.3, -0.25) is 0 Å². The molecule has 0 saturated carbocycles. The normalized spacial score (nSPS) is 12.4. The monoisotopic (exact) mass is 311 g/mol. The lowest BCUT2D eigenvalue weighted by atomic mass is 10.1. The number of thiophene rings is 1. The fraction of sp³-hybridized carbons (Fsp3) is 0.231. The minimum absolute atomic E-state index is 0.0238. The van der Waals surface area contributed by atoms with Gasteiger partial charge < -0.3 is 10.5 Å². The molecule has 0 spiro atoms. The van der Waals surface area contributed by atoms with Gasteiger partial charge in [-0.1, -0.05) is 28.1 Å². The highest BCUT2D eigenvalue weighted by Crippen LogP contribution is 2.27. The van der Waals surface area contributed by atoms with E-state index in [9.17, 15) is 0 Å². The molecule has 2 rings (SSSR count). The van der Waals surface area contributed by atoms with E-state index >= 15 is 0 Å². The minimum atomic E-state index is 0.0238. The fourth-order valence-corrected chi connectivity index (χ4v) is 2.85. The van der Waals surface area contributed by atoms with Gasteiger partial charge in [-0.25, -0.2) is 0 Å². The van der Waals surface area contributed by atoms with E-state index in [4.69, 9.17) is 10.5 Å². The molecule has 0 aliphatic heterocycles. The maximum absolute atomic E-state index is 5.85. The van der Waals surface area contributed by atoms with Gasteiger partial charge >= 0.3 is 0 Å². The molecule has 4 heteroatoms. The number of nitrogens with two attached hydrogens (primary N) is 1. The van der Waals surface area contributed by atoms with Crippen LogP contribution < -0.4 is 10.5 Å². The van der Waals surface area contributed by atoms with Crippen LogP contribution in [0.1, 0.15) is 23.4 Å². The van der Waals surface area contributed by atoms with Crippen molar-refractivity contribution in [2.75, 3.05) is 0 Å². The Morgan fingerprint density at radius 1 is 1.41 bits per heavy atom. The maximum atomic E-state index is 5.85. The van der Waals surface area contributed by atoms with Crippen LogP contribution in [0.4, 0.5) is 0 Å². The van der Waals surface area contributed by atoms with Gasteiger partial charge in [0.25, 0.3) is 0 Å². The third-order valence-corrected chi connectivity index (χ3v) is 3.96. The lowest BCUT2D eigenvalue weighted by Gasteiger charge is -2.11. The molecule has 17 heavy (non-hydrogen) atoms. The summed E-state index contributed by atoms with van der Waals surface area (Å²) in [6, 6.07) is 10.0. The van der Waals surface area contributed by atoms with Gasteiger partial charge in [0.05, 0.1) is 0 Å². The van der Waals surface area contributed by atoms with Gasteiger partial charge in [-0.15, -0.1) is 11.3 Å². The van der Waals surface area contributed by atoms with Crippen molar-refractivity contribution < 1.29 is 4.74 Å². The van der Waals surface area contributed by atoms with E-state index in [0.717, 1.165) is 15.8 Å². The van der Waals surface area contributed by atoms with Crippen LogP contribution in [-0.4, -0.2) is 0 Å². The second kappa shape index (κ2) is 5.67. The van der Waals surface area contributed by atoms with Crippen LogP contribution in [0.2, 0.25) is 0 Å². The van der Waals surface area contributed by atoms with Crippen molar-refractivity contribution in [3.05, 3.63) is 50.6 Å². The SMILES string of the molecule is CC(N)c1ccc(OCc2cccs2)cc1Br. The summed E-state index contributed by atoms with van der Waals surface area (Å²) < 4.78 is 6.70. The molecule has 1 unspecified atom stereocenters.